The first-order chi connectivity index (χ1) is 14.8. The third-order valence-corrected chi connectivity index (χ3v) is 10.1. The molecule has 0 saturated carbocycles. The lowest BCUT2D eigenvalue weighted by atomic mass is 9.79. The van der Waals surface area contributed by atoms with Crippen LogP contribution in [0.2, 0.25) is 0 Å². The van der Waals surface area contributed by atoms with Gasteiger partial charge in [0, 0.05) is 27.0 Å². The van der Waals surface area contributed by atoms with Gasteiger partial charge in [-0.15, -0.1) is 0 Å². The minimum absolute atomic E-state index is 0.101. The summed E-state index contributed by atoms with van der Waals surface area (Å²) in [7, 11) is -2.25. The van der Waals surface area contributed by atoms with E-state index in [-0.39, 0.29) is 6.04 Å². The predicted molar refractivity (Wildman–Crippen MR) is 134 cm³/mol. The van der Waals surface area contributed by atoms with E-state index in [2.05, 4.69) is 119 Å². The summed E-state index contributed by atoms with van der Waals surface area (Å²) < 4.78 is 5.75. The molecule has 1 heterocycles. The number of piperidine rings is 1. The quantitative estimate of drug-likeness (QED) is 0.498. The Kier molecular flexibility index (Phi) is 5.96. The van der Waals surface area contributed by atoms with Crippen molar-refractivity contribution in [1.82, 2.24) is 5.06 Å². The first kappa shape index (κ1) is 22.0. The van der Waals surface area contributed by atoms with E-state index < -0.39 is 18.1 Å². The molecule has 1 aliphatic heterocycles. The van der Waals surface area contributed by atoms with Gasteiger partial charge in [-0.25, -0.2) is 0 Å². The molecule has 1 fully saturated rings. The molecule has 0 aromatic heterocycles. The van der Waals surface area contributed by atoms with E-state index >= 15 is 0 Å². The van der Waals surface area contributed by atoms with E-state index in [1.165, 1.54) is 21.0 Å². The summed E-state index contributed by atoms with van der Waals surface area (Å²) >= 11 is 0. The molecule has 0 spiro atoms. The van der Waals surface area contributed by atoms with Gasteiger partial charge in [0.2, 0.25) is 0 Å². The van der Waals surface area contributed by atoms with Gasteiger partial charge in [-0.1, -0.05) is 91.0 Å². The molecular formula is C27H32N2OP-. The van der Waals surface area contributed by atoms with Crippen molar-refractivity contribution in [1.29, 1.82) is 0 Å². The zero-order valence-electron chi connectivity index (χ0n) is 18.9. The molecular weight excluding hydrogens is 399 g/mol. The average molecular weight is 432 g/mol. The van der Waals surface area contributed by atoms with Crippen molar-refractivity contribution in [2.75, 3.05) is 0 Å². The Hall–Kier alpha value is -2.19. The van der Waals surface area contributed by atoms with Crippen LogP contribution in [0.5, 0.6) is 0 Å². The fourth-order valence-corrected chi connectivity index (χ4v) is 8.87. The molecule has 0 N–H and O–H groups in total. The van der Waals surface area contributed by atoms with Gasteiger partial charge < -0.3 is 10.3 Å². The second-order valence-electron chi connectivity index (χ2n) is 9.74. The first-order valence-electron chi connectivity index (χ1n) is 11.0. The van der Waals surface area contributed by atoms with Crippen molar-refractivity contribution in [3.8, 4) is 0 Å². The molecule has 3 nitrogen and oxygen atoms in total. The van der Waals surface area contributed by atoms with Crippen LogP contribution in [0.3, 0.4) is 0 Å². The largest absolute Gasteiger partial charge is 0.784 e. The summed E-state index contributed by atoms with van der Waals surface area (Å²) in [6.07, 6.45) is 1.52. The molecule has 3 aromatic rings. The van der Waals surface area contributed by atoms with Crippen molar-refractivity contribution in [2.24, 2.45) is 4.74 Å². The van der Waals surface area contributed by atoms with Crippen LogP contribution >= 0.6 is 7.05 Å². The van der Waals surface area contributed by atoms with E-state index in [1.54, 1.807) is 0 Å². The highest BCUT2D eigenvalue weighted by Gasteiger charge is 2.41. The van der Waals surface area contributed by atoms with Gasteiger partial charge in [-0.2, -0.15) is 0 Å². The molecule has 1 saturated heterocycles. The van der Waals surface area contributed by atoms with Crippen molar-refractivity contribution < 1.29 is 0 Å². The highest BCUT2D eigenvalue weighted by molar-refractivity contribution is 7.87. The van der Waals surface area contributed by atoms with E-state index in [1.807, 2.05) is 0 Å². The highest BCUT2D eigenvalue weighted by atomic mass is 31.2. The van der Waals surface area contributed by atoms with Crippen molar-refractivity contribution in [3.05, 3.63) is 96.2 Å². The van der Waals surface area contributed by atoms with Crippen molar-refractivity contribution in [2.45, 2.75) is 57.7 Å². The van der Waals surface area contributed by atoms with Crippen LogP contribution in [-0.4, -0.2) is 22.2 Å². The molecule has 0 atom stereocenters. The van der Waals surface area contributed by atoms with Crippen LogP contribution in [0.1, 0.15) is 40.5 Å². The normalized spacial score (nSPS) is 19.1. The second-order valence-corrected chi connectivity index (χ2v) is 12.8. The van der Waals surface area contributed by atoms with Crippen molar-refractivity contribution in [3.63, 3.8) is 0 Å². The molecule has 3 aromatic carbocycles. The van der Waals surface area contributed by atoms with Gasteiger partial charge in [0.15, 0.2) is 0 Å². The Morgan fingerprint density at radius 3 is 1.32 bits per heavy atom. The van der Waals surface area contributed by atoms with E-state index in [9.17, 15) is 5.21 Å². The number of benzene rings is 3. The minimum atomic E-state index is -2.25. The SMILES string of the molecule is CC1(C)CC(N=P(c2ccccc2)(c2ccccc2)c2ccccc2)CC(C)(C)N1[O-]. The lowest BCUT2D eigenvalue weighted by molar-refractivity contribution is 0.0102. The van der Waals surface area contributed by atoms with Crippen LogP contribution < -0.4 is 15.9 Å². The van der Waals surface area contributed by atoms with E-state index in [0.717, 1.165) is 12.8 Å². The summed E-state index contributed by atoms with van der Waals surface area (Å²) in [4.78, 5) is 0. The fraction of sp³-hybridized carbons (Fsp3) is 0.333. The van der Waals surface area contributed by atoms with Crippen LogP contribution in [0.25, 0.3) is 0 Å². The molecule has 0 bridgehead atoms. The Morgan fingerprint density at radius 1 is 0.677 bits per heavy atom. The second kappa shape index (κ2) is 8.39. The fourth-order valence-electron chi connectivity index (χ4n) is 5.12. The van der Waals surface area contributed by atoms with Gasteiger partial charge in [-0.05, 0) is 40.5 Å². The zero-order chi connectivity index (χ0) is 22.1. The summed E-state index contributed by atoms with van der Waals surface area (Å²) in [5.41, 5.74) is -0.898. The molecule has 0 amide bonds. The van der Waals surface area contributed by atoms with Gasteiger partial charge >= 0.3 is 0 Å². The molecule has 0 unspecified atom stereocenters. The molecule has 4 heteroatoms. The van der Waals surface area contributed by atoms with E-state index in [0.29, 0.717) is 0 Å². The highest BCUT2D eigenvalue weighted by Crippen LogP contribution is 2.50. The number of rotatable bonds is 4. The third-order valence-electron chi connectivity index (χ3n) is 6.30. The Labute approximate surface area is 186 Å². The number of nitrogens with zero attached hydrogens (tertiary/aromatic N) is 2. The molecule has 31 heavy (non-hydrogen) atoms. The number of hydrogen-bond acceptors (Lipinski definition) is 3. The summed E-state index contributed by atoms with van der Waals surface area (Å²) in [6.45, 7) is 8.21. The van der Waals surface area contributed by atoms with E-state index in [4.69, 9.17) is 4.74 Å². The first-order valence-corrected chi connectivity index (χ1v) is 12.8. The Balaban J connectivity index is 2.01. The molecule has 1 aliphatic rings. The molecule has 4 rings (SSSR count). The maximum atomic E-state index is 13.0. The number of hydrogen-bond donors (Lipinski definition) is 0. The van der Waals surface area contributed by atoms with Crippen LogP contribution in [-0.2, 0) is 0 Å². The van der Waals surface area contributed by atoms with Gasteiger partial charge in [0.05, 0.1) is 13.1 Å². The summed E-state index contributed by atoms with van der Waals surface area (Å²) in [5, 5.41) is 18.0. The van der Waals surface area contributed by atoms with Crippen LogP contribution in [0.4, 0.5) is 0 Å². The van der Waals surface area contributed by atoms with Crippen molar-refractivity contribution >= 4 is 23.0 Å². The Morgan fingerprint density at radius 2 is 1.00 bits per heavy atom. The summed E-state index contributed by atoms with van der Waals surface area (Å²) in [6, 6.07) is 32.3. The number of hydroxylamine groups is 2. The third kappa shape index (κ3) is 4.15. The zero-order valence-corrected chi connectivity index (χ0v) is 19.8. The van der Waals surface area contributed by atoms with Gasteiger partial charge in [0.1, 0.15) is 0 Å². The predicted octanol–water partition coefficient (Wildman–Crippen LogP) is 5.68. The average Bonchev–Trinajstić information content (AvgIpc) is 2.77. The lowest BCUT2D eigenvalue weighted by Crippen LogP contribution is -2.58. The van der Waals surface area contributed by atoms with Gasteiger partial charge in [0.25, 0.3) is 0 Å². The lowest BCUT2D eigenvalue weighted by Gasteiger charge is -2.59. The smallest absolute Gasteiger partial charge is 0.0551 e. The van der Waals surface area contributed by atoms with Crippen LogP contribution in [0, 0.1) is 5.21 Å². The topological polar surface area (TPSA) is 38.7 Å². The maximum absolute atomic E-state index is 13.0. The standard InChI is InChI=1S/C27H32N2OP/c1-26(2)20-22(21-27(3,4)29(26)30)28-31(23-14-8-5-9-15-23,24-16-10-6-11-17-24)25-18-12-7-13-19-25/h5-19,22H,20-21H2,1-4H3/q-1. The molecule has 162 valence electrons. The Bertz CT molecular complexity index is 941. The maximum Gasteiger partial charge on any atom is 0.0551 e. The molecule has 0 aliphatic carbocycles. The molecule has 0 radical (unpaired) electrons. The van der Waals surface area contributed by atoms with Gasteiger partial charge in [-0.3, -0.25) is 4.74 Å². The van der Waals surface area contributed by atoms with Crippen LogP contribution in [0.15, 0.2) is 95.7 Å². The minimum Gasteiger partial charge on any atom is -0.784 e. The monoisotopic (exact) mass is 431 g/mol. The summed E-state index contributed by atoms with van der Waals surface area (Å²) in [5.74, 6) is 0.